The van der Waals surface area contributed by atoms with Gasteiger partial charge in [0.25, 0.3) is 0 Å². The molecule has 114 valence electrons. The highest BCUT2D eigenvalue weighted by Crippen LogP contribution is 2.48. The summed E-state index contributed by atoms with van der Waals surface area (Å²) < 4.78 is 6.21. The minimum atomic E-state index is -0.265. The van der Waals surface area contributed by atoms with Gasteiger partial charge in [-0.1, -0.05) is 24.3 Å². The van der Waals surface area contributed by atoms with Crippen molar-refractivity contribution >= 4 is 11.8 Å². The zero-order chi connectivity index (χ0) is 14.3. The predicted octanol–water partition coefficient (Wildman–Crippen LogP) is 3.58. The Morgan fingerprint density at radius 1 is 1.19 bits per heavy atom. The van der Waals surface area contributed by atoms with Gasteiger partial charge in [0.15, 0.2) is 0 Å². The van der Waals surface area contributed by atoms with Crippen LogP contribution in [-0.2, 0) is 11.2 Å². The van der Waals surface area contributed by atoms with Gasteiger partial charge in [-0.2, -0.15) is 11.8 Å². The van der Waals surface area contributed by atoms with Crippen molar-refractivity contribution in [1.29, 1.82) is 0 Å². The average molecular weight is 304 g/mol. The number of fused-ring (bicyclic) bond motifs is 1. The van der Waals surface area contributed by atoms with Crippen LogP contribution in [0.3, 0.4) is 0 Å². The number of aliphatic hydroxyl groups excluding tert-OH is 1. The molecule has 0 bridgehead atoms. The Hall–Kier alpha value is -0.510. The number of aliphatic hydroxyl groups is 1. The molecule has 1 aromatic carbocycles. The lowest BCUT2D eigenvalue weighted by molar-refractivity contribution is -0.118. The highest BCUT2D eigenvalue weighted by Gasteiger charge is 2.44. The molecule has 3 unspecified atom stereocenters. The summed E-state index contributed by atoms with van der Waals surface area (Å²) in [6.45, 7) is 0.884. The molecule has 1 spiro atoms. The first-order chi connectivity index (χ1) is 10.3. The molecule has 1 aromatic rings. The quantitative estimate of drug-likeness (QED) is 0.860. The molecule has 0 amide bonds. The SMILES string of the molecule is OC1c2ccccc2CC1C1CCOC2(CCSCC2)C1. The Bertz CT molecular complexity index is 504. The van der Waals surface area contributed by atoms with Crippen LogP contribution in [0.15, 0.2) is 24.3 Å². The van der Waals surface area contributed by atoms with Crippen LogP contribution in [0.2, 0.25) is 0 Å². The molecule has 2 nitrogen and oxygen atoms in total. The van der Waals surface area contributed by atoms with Gasteiger partial charge in [-0.15, -0.1) is 0 Å². The Kier molecular flexibility index (Phi) is 3.76. The van der Waals surface area contributed by atoms with Gasteiger partial charge in [-0.3, -0.25) is 0 Å². The van der Waals surface area contributed by atoms with E-state index in [9.17, 15) is 5.11 Å². The average Bonchev–Trinajstić information content (AvgIpc) is 2.86. The predicted molar refractivity (Wildman–Crippen MR) is 86.6 cm³/mol. The van der Waals surface area contributed by atoms with Gasteiger partial charge in [0, 0.05) is 6.61 Å². The number of thioether (sulfide) groups is 1. The largest absolute Gasteiger partial charge is 0.388 e. The molecule has 3 atom stereocenters. The number of hydrogen-bond acceptors (Lipinski definition) is 3. The summed E-state index contributed by atoms with van der Waals surface area (Å²) in [4.78, 5) is 0. The van der Waals surface area contributed by atoms with Crippen molar-refractivity contribution in [2.75, 3.05) is 18.1 Å². The van der Waals surface area contributed by atoms with Crippen molar-refractivity contribution in [3.8, 4) is 0 Å². The molecule has 1 N–H and O–H groups in total. The second-order valence-electron chi connectivity index (χ2n) is 6.91. The maximum atomic E-state index is 10.7. The van der Waals surface area contributed by atoms with Crippen LogP contribution in [-0.4, -0.2) is 28.8 Å². The van der Waals surface area contributed by atoms with E-state index < -0.39 is 0 Å². The molecule has 1 aliphatic carbocycles. The van der Waals surface area contributed by atoms with Crippen molar-refractivity contribution in [2.24, 2.45) is 11.8 Å². The monoisotopic (exact) mass is 304 g/mol. The maximum Gasteiger partial charge on any atom is 0.0826 e. The van der Waals surface area contributed by atoms with Crippen LogP contribution in [0.1, 0.15) is 42.9 Å². The van der Waals surface area contributed by atoms with Gasteiger partial charge in [0.2, 0.25) is 0 Å². The first kappa shape index (κ1) is 14.1. The molecular weight excluding hydrogens is 280 g/mol. The minimum Gasteiger partial charge on any atom is -0.388 e. The minimum absolute atomic E-state index is 0.128. The molecule has 0 aromatic heterocycles. The lowest BCUT2D eigenvalue weighted by Crippen LogP contribution is -2.44. The smallest absolute Gasteiger partial charge is 0.0826 e. The highest BCUT2D eigenvalue weighted by molar-refractivity contribution is 7.99. The van der Waals surface area contributed by atoms with Crippen molar-refractivity contribution in [3.05, 3.63) is 35.4 Å². The summed E-state index contributed by atoms with van der Waals surface area (Å²) in [6, 6.07) is 8.43. The fraction of sp³-hybridized carbons (Fsp3) is 0.667. The third-order valence-corrected chi connectivity index (χ3v) is 6.76. The summed E-state index contributed by atoms with van der Waals surface area (Å²) in [7, 11) is 0. The lowest BCUT2D eigenvalue weighted by Gasteiger charge is -2.45. The summed E-state index contributed by atoms with van der Waals surface area (Å²) in [5, 5.41) is 10.7. The Morgan fingerprint density at radius 2 is 2.00 bits per heavy atom. The van der Waals surface area contributed by atoms with E-state index in [1.54, 1.807) is 0 Å². The van der Waals surface area contributed by atoms with Gasteiger partial charge < -0.3 is 9.84 Å². The first-order valence-electron chi connectivity index (χ1n) is 8.25. The maximum absolute atomic E-state index is 10.7. The summed E-state index contributed by atoms with van der Waals surface area (Å²) in [5.41, 5.74) is 2.65. The van der Waals surface area contributed by atoms with Crippen molar-refractivity contribution < 1.29 is 9.84 Å². The molecule has 0 radical (unpaired) electrons. The second kappa shape index (κ2) is 5.60. The molecule has 3 heteroatoms. The fourth-order valence-electron chi connectivity index (χ4n) is 4.55. The zero-order valence-corrected chi connectivity index (χ0v) is 13.3. The summed E-state index contributed by atoms with van der Waals surface area (Å²) in [6.07, 6.45) is 5.45. The lowest BCUT2D eigenvalue weighted by atomic mass is 9.74. The molecule has 3 aliphatic rings. The van der Waals surface area contributed by atoms with Crippen molar-refractivity contribution in [2.45, 2.75) is 43.8 Å². The van der Waals surface area contributed by atoms with Gasteiger partial charge >= 0.3 is 0 Å². The van der Waals surface area contributed by atoms with E-state index in [-0.39, 0.29) is 11.7 Å². The van der Waals surface area contributed by atoms with Crippen LogP contribution < -0.4 is 0 Å². The van der Waals surface area contributed by atoms with E-state index in [0.29, 0.717) is 11.8 Å². The van der Waals surface area contributed by atoms with Crippen molar-refractivity contribution in [1.82, 2.24) is 0 Å². The Labute approximate surface area is 131 Å². The van der Waals surface area contributed by atoms with Crippen LogP contribution in [0.5, 0.6) is 0 Å². The molecule has 2 aliphatic heterocycles. The standard InChI is InChI=1S/C18H24O2S/c19-17-15-4-2-1-3-13(15)11-16(17)14-5-8-20-18(12-14)6-9-21-10-7-18/h1-4,14,16-17,19H,5-12H2. The van der Waals surface area contributed by atoms with Gasteiger partial charge in [0.1, 0.15) is 0 Å². The molecule has 0 saturated carbocycles. The topological polar surface area (TPSA) is 29.5 Å². The second-order valence-corrected chi connectivity index (χ2v) is 8.13. The number of ether oxygens (including phenoxy) is 1. The van der Waals surface area contributed by atoms with Crippen LogP contribution in [0.4, 0.5) is 0 Å². The highest BCUT2D eigenvalue weighted by atomic mass is 32.2. The van der Waals surface area contributed by atoms with Crippen LogP contribution in [0, 0.1) is 11.8 Å². The number of rotatable bonds is 1. The summed E-state index contributed by atoms with van der Waals surface area (Å²) in [5.74, 6) is 3.49. The zero-order valence-electron chi connectivity index (χ0n) is 12.5. The molecular formula is C18H24O2S. The van der Waals surface area contributed by atoms with E-state index in [1.807, 2.05) is 6.07 Å². The van der Waals surface area contributed by atoms with Crippen molar-refractivity contribution in [3.63, 3.8) is 0 Å². The van der Waals surface area contributed by atoms with E-state index in [1.165, 1.54) is 35.5 Å². The molecule has 2 saturated heterocycles. The van der Waals surface area contributed by atoms with E-state index in [2.05, 4.69) is 30.0 Å². The third-order valence-electron chi connectivity index (χ3n) is 5.78. The van der Waals surface area contributed by atoms with Gasteiger partial charge in [0.05, 0.1) is 11.7 Å². The molecule has 2 heterocycles. The molecule has 2 fully saturated rings. The molecule has 21 heavy (non-hydrogen) atoms. The Morgan fingerprint density at radius 3 is 2.81 bits per heavy atom. The fourth-order valence-corrected chi connectivity index (χ4v) is 5.79. The summed E-state index contributed by atoms with van der Waals surface area (Å²) >= 11 is 2.06. The number of benzene rings is 1. The van der Waals surface area contributed by atoms with E-state index in [4.69, 9.17) is 4.74 Å². The van der Waals surface area contributed by atoms with E-state index in [0.717, 1.165) is 25.9 Å². The van der Waals surface area contributed by atoms with Crippen LogP contribution >= 0.6 is 11.8 Å². The van der Waals surface area contributed by atoms with Crippen LogP contribution in [0.25, 0.3) is 0 Å². The first-order valence-corrected chi connectivity index (χ1v) is 9.40. The third kappa shape index (κ3) is 2.54. The van der Waals surface area contributed by atoms with Gasteiger partial charge in [-0.05, 0) is 66.6 Å². The number of hydrogen-bond donors (Lipinski definition) is 1. The Balaban J connectivity index is 1.52. The molecule has 4 rings (SSSR count). The normalized spacial score (nSPS) is 34.8. The van der Waals surface area contributed by atoms with E-state index >= 15 is 0 Å². The van der Waals surface area contributed by atoms with Gasteiger partial charge in [-0.25, -0.2) is 0 Å².